The van der Waals surface area contributed by atoms with Gasteiger partial charge in [0.1, 0.15) is 0 Å². The Kier molecular flexibility index (Phi) is 5.74. The first-order valence-electron chi connectivity index (χ1n) is 7.16. The summed E-state index contributed by atoms with van der Waals surface area (Å²) in [5.41, 5.74) is 4.65. The molecule has 1 rings (SSSR count). The highest BCUT2D eigenvalue weighted by molar-refractivity contribution is 5.34. The van der Waals surface area contributed by atoms with Crippen molar-refractivity contribution < 1.29 is 0 Å². The lowest BCUT2D eigenvalue weighted by atomic mass is 9.84. The number of rotatable bonds is 6. The van der Waals surface area contributed by atoms with Gasteiger partial charge in [0.15, 0.2) is 0 Å². The Labute approximate surface area is 108 Å². The third kappa shape index (κ3) is 3.59. The van der Waals surface area contributed by atoms with E-state index in [2.05, 4.69) is 46.4 Å². The predicted molar refractivity (Wildman–Crippen MR) is 78.1 cm³/mol. The predicted octanol–water partition coefficient (Wildman–Crippen LogP) is 5.67. The first-order valence-corrected chi connectivity index (χ1v) is 7.16. The second-order valence-electron chi connectivity index (χ2n) is 5.35. The van der Waals surface area contributed by atoms with Crippen molar-refractivity contribution in [2.75, 3.05) is 0 Å². The smallest absolute Gasteiger partial charge is 0.0129 e. The van der Waals surface area contributed by atoms with E-state index < -0.39 is 0 Å². The van der Waals surface area contributed by atoms with Crippen LogP contribution in [0.4, 0.5) is 0 Å². The zero-order valence-electron chi connectivity index (χ0n) is 12.1. The van der Waals surface area contributed by atoms with Gasteiger partial charge in [-0.3, -0.25) is 0 Å². The van der Waals surface area contributed by atoms with Crippen LogP contribution in [-0.4, -0.2) is 0 Å². The molecule has 0 aromatic rings. The molecule has 17 heavy (non-hydrogen) atoms. The molecule has 0 heterocycles. The molecular weight excluding hydrogens is 204 g/mol. The largest absolute Gasteiger partial charge is 0.100 e. The summed E-state index contributed by atoms with van der Waals surface area (Å²) in [6.45, 7) is 13.1. The Balaban J connectivity index is 2.92. The Morgan fingerprint density at radius 3 is 2.53 bits per heavy atom. The van der Waals surface area contributed by atoms with Gasteiger partial charge in [0.2, 0.25) is 0 Å². The van der Waals surface area contributed by atoms with Crippen molar-refractivity contribution in [1.29, 1.82) is 0 Å². The van der Waals surface area contributed by atoms with Gasteiger partial charge in [-0.2, -0.15) is 0 Å². The van der Waals surface area contributed by atoms with Crippen molar-refractivity contribution in [2.45, 2.75) is 59.8 Å². The standard InChI is InChI=1S/C17H28/c1-6-9-10-15-12-14(7-2)17(11-13(4)5)16(15)8-3/h9-10,14,17H,4,6-8,11-12H2,1-3,5H3/b10-9-. The molecule has 0 aromatic carbocycles. The molecule has 0 saturated carbocycles. The highest BCUT2D eigenvalue weighted by atomic mass is 14.4. The second kappa shape index (κ2) is 6.83. The number of allylic oxidation sites excluding steroid dienone is 5. The number of hydrogen-bond donors (Lipinski definition) is 0. The molecule has 0 aromatic heterocycles. The maximum absolute atomic E-state index is 4.10. The summed E-state index contributed by atoms with van der Waals surface area (Å²) in [5.74, 6) is 1.61. The molecule has 2 atom stereocenters. The lowest BCUT2D eigenvalue weighted by molar-refractivity contribution is 0.390. The zero-order valence-corrected chi connectivity index (χ0v) is 12.1. The molecule has 0 saturated heterocycles. The Bertz CT molecular complexity index is 317. The van der Waals surface area contributed by atoms with Gasteiger partial charge < -0.3 is 0 Å². The zero-order chi connectivity index (χ0) is 12.8. The van der Waals surface area contributed by atoms with E-state index in [0.29, 0.717) is 0 Å². The molecule has 0 fully saturated rings. The van der Waals surface area contributed by atoms with Gasteiger partial charge >= 0.3 is 0 Å². The first kappa shape index (κ1) is 14.3. The van der Waals surface area contributed by atoms with E-state index >= 15 is 0 Å². The van der Waals surface area contributed by atoms with Crippen molar-refractivity contribution in [1.82, 2.24) is 0 Å². The molecule has 0 radical (unpaired) electrons. The lowest BCUT2D eigenvalue weighted by Gasteiger charge is -2.21. The molecule has 2 unspecified atom stereocenters. The minimum absolute atomic E-state index is 0.763. The fourth-order valence-electron chi connectivity index (χ4n) is 3.10. The van der Waals surface area contributed by atoms with Crippen LogP contribution in [0.15, 0.2) is 35.5 Å². The van der Waals surface area contributed by atoms with Gasteiger partial charge in [0, 0.05) is 0 Å². The molecule has 1 aliphatic rings. The van der Waals surface area contributed by atoms with Crippen LogP contribution in [0.25, 0.3) is 0 Å². The van der Waals surface area contributed by atoms with Crippen LogP contribution in [0.3, 0.4) is 0 Å². The van der Waals surface area contributed by atoms with E-state index in [1.807, 2.05) is 0 Å². The quantitative estimate of drug-likeness (QED) is 0.517. The summed E-state index contributed by atoms with van der Waals surface area (Å²) in [5, 5.41) is 0. The van der Waals surface area contributed by atoms with Crippen molar-refractivity contribution in [3.05, 3.63) is 35.5 Å². The molecule has 0 heteroatoms. The molecule has 0 aliphatic heterocycles. The highest BCUT2D eigenvalue weighted by Gasteiger charge is 2.31. The Hall–Kier alpha value is -0.780. The lowest BCUT2D eigenvalue weighted by Crippen LogP contribution is -2.10. The average Bonchev–Trinajstić information content (AvgIpc) is 2.62. The van der Waals surface area contributed by atoms with E-state index in [0.717, 1.165) is 18.3 Å². The summed E-state index contributed by atoms with van der Waals surface area (Å²) in [6, 6.07) is 0. The van der Waals surface area contributed by atoms with E-state index in [-0.39, 0.29) is 0 Å². The van der Waals surface area contributed by atoms with Crippen molar-refractivity contribution in [3.8, 4) is 0 Å². The van der Waals surface area contributed by atoms with Gasteiger partial charge in [0.05, 0.1) is 0 Å². The van der Waals surface area contributed by atoms with Crippen LogP contribution in [0.5, 0.6) is 0 Å². The first-order chi connectivity index (χ1) is 8.13. The van der Waals surface area contributed by atoms with Gasteiger partial charge in [-0.25, -0.2) is 0 Å². The van der Waals surface area contributed by atoms with E-state index in [1.54, 1.807) is 11.1 Å². The Morgan fingerprint density at radius 2 is 2.06 bits per heavy atom. The maximum atomic E-state index is 4.10. The van der Waals surface area contributed by atoms with Crippen LogP contribution in [0, 0.1) is 11.8 Å². The van der Waals surface area contributed by atoms with Crippen LogP contribution in [0.2, 0.25) is 0 Å². The van der Waals surface area contributed by atoms with Crippen molar-refractivity contribution in [2.24, 2.45) is 11.8 Å². The minimum Gasteiger partial charge on any atom is -0.100 e. The molecule has 0 bridgehead atoms. The third-order valence-corrected chi connectivity index (χ3v) is 3.94. The third-order valence-electron chi connectivity index (χ3n) is 3.94. The van der Waals surface area contributed by atoms with Crippen molar-refractivity contribution >= 4 is 0 Å². The van der Waals surface area contributed by atoms with Gasteiger partial charge in [-0.15, -0.1) is 6.58 Å². The number of hydrogen-bond acceptors (Lipinski definition) is 0. The SMILES string of the molecule is C=C(C)CC1C(CC)=C(/C=C\CC)CC1CC. The normalized spacial score (nSPS) is 24.9. The van der Waals surface area contributed by atoms with Crippen LogP contribution in [0.1, 0.15) is 59.8 Å². The molecule has 96 valence electrons. The van der Waals surface area contributed by atoms with Crippen LogP contribution in [-0.2, 0) is 0 Å². The fourth-order valence-corrected chi connectivity index (χ4v) is 3.10. The summed E-state index contributed by atoms with van der Waals surface area (Å²) in [4.78, 5) is 0. The van der Waals surface area contributed by atoms with E-state index in [9.17, 15) is 0 Å². The molecule has 0 N–H and O–H groups in total. The summed E-state index contributed by atoms with van der Waals surface area (Å²) in [7, 11) is 0. The minimum atomic E-state index is 0.763. The van der Waals surface area contributed by atoms with Gasteiger partial charge in [0.25, 0.3) is 0 Å². The highest BCUT2D eigenvalue weighted by Crippen LogP contribution is 2.44. The molecule has 1 aliphatic carbocycles. The molecular formula is C17H28. The van der Waals surface area contributed by atoms with Gasteiger partial charge in [-0.1, -0.05) is 50.5 Å². The average molecular weight is 232 g/mol. The monoisotopic (exact) mass is 232 g/mol. The summed E-state index contributed by atoms with van der Waals surface area (Å²) < 4.78 is 0. The van der Waals surface area contributed by atoms with Crippen LogP contribution >= 0.6 is 0 Å². The topological polar surface area (TPSA) is 0 Å². The molecule has 0 amide bonds. The van der Waals surface area contributed by atoms with E-state index in [1.165, 1.54) is 31.3 Å². The Morgan fingerprint density at radius 1 is 1.35 bits per heavy atom. The summed E-state index contributed by atoms with van der Waals surface area (Å²) in [6.07, 6.45) is 10.8. The fraction of sp³-hybridized carbons (Fsp3) is 0.647. The molecule has 0 nitrogen and oxygen atoms in total. The summed E-state index contributed by atoms with van der Waals surface area (Å²) >= 11 is 0. The van der Waals surface area contributed by atoms with E-state index in [4.69, 9.17) is 0 Å². The van der Waals surface area contributed by atoms with Gasteiger partial charge in [-0.05, 0) is 50.0 Å². The molecule has 0 spiro atoms. The van der Waals surface area contributed by atoms with Crippen molar-refractivity contribution in [3.63, 3.8) is 0 Å². The second-order valence-corrected chi connectivity index (χ2v) is 5.35. The van der Waals surface area contributed by atoms with Crippen LogP contribution < -0.4 is 0 Å². The maximum Gasteiger partial charge on any atom is -0.0129 e.